The summed E-state index contributed by atoms with van der Waals surface area (Å²) in [6.07, 6.45) is 2.87. The highest BCUT2D eigenvalue weighted by molar-refractivity contribution is 5.97. The van der Waals surface area contributed by atoms with Crippen LogP contribution < -0.4 is 5.43 Å². The van der Waals surface area contributed by atoms with Crippen LogP contribution in [0.2, 0.25) is 0 Å². The van der Waals surface area contributed by atoms with Crippen molar-refractivity contribution in [2.24, 2.45) is 5.10 Å². The normalized spacial score (nSPS) is 16.6. The van der Waals surface area contributed by atoms with Crippen molar-refractivity contribution in [1.29, 1.82) is 0 Å². The molecule has 1 radical (unpaired) electrons. The lowest BCUT2D eigenvalue weighted by Gasteiger charge is -2.02. The fourth-order valence-corrected chi connectivity index (χ4v) is 0.463. The molecule has 1 amide bonds. The van der Waals surface area contributed by atoms with Gasteiger partial charge in [0, 0.05) is 6.08 Å². The fourth-order valence-electron chi connectivity index (χ4n) is 0.463. The zero-order valence-electron chi connectivity index (χ0n) is 4.87. The van der Waals surface area contributed by atoms with E-state index in [1.807, 2.05) is 0 Å². The lowest BCUT2D eigenvalue weighted by Crippen LogP contribution is -2.17. The van der Waals surface area contributed by atoms with Crippen molar-refractivity contribution in [1.82, 2.24) is 5.43 Å². The van der Waals surface area contributed by atoms with E-state index in [0.717, 1.165) is 0 Å². The van der Waals surface area contributed by atoms with E-state index < -0.39 is 5.91 Å². The maximum Gasteiger partial charge on any atom is 0.330 e. The minimum absolute atomic E-state index is 0.227. The van der Waals surface area contributed by atoms with Gasteiger partial charge in [-0.1, -0.05) is 0 Å². The summed E-state index contributed by atoms with van der Waals surface area (Å²) in [7, 11) is 1.42. The SMILES string of the molecule is COC1=CC=N[N]C1=O. The van der Waals surface area contributed by atoms with Gasteiger partial charge in [0.15, 0.2) is 5.76 Å². The molecular formula is C5H5N2O2. The molecule has 0 atom stereocenters. The highest BCUT2D eigenvalue weighted by atomic mass is 16.5. The number of carbonyl (C=O) groups excluding carboxylic acids is 1. The molecule has 0 aromatic heterocycles. The highest BCUT2D eigenvalue weighted by Crippen LogP contribution is 1.97. The van der Waals surface area contributed by atoms with Crippen molar-refractivity contribution in [2.75, 3.05) is 7.11 Å². The average Bonchev–Trinajstić information content (AvgIpc) is 1.89. The molecule has 4 heteroatoms. The number of amides is 1. The van der Waals surface area contributed by atoms with Crippen molar-refractivity contribution >= 4 is 12.1 Å². The number of hydrogen-bond donors (Lipinski definition) is 0. The minimum Gasteiger partial charge on any atom is -0.491 e. The topological polar surface area (TPSA) is 52.8 Å². The van der Waals surface area contributed by atoms with Crippen LogP contribution in [0.15, 0.2) is 16.9 Å². The molecule has 0 saturated heterocycles. The van der Waals surface area contributed by atoms with Gasteiger partial charge in [0.2, 0.25) is 0 Å². The van der Waals surface area contributed by atoms with Crippen LogP contribution in [0.3, 0.4) is 0 Å². The minimum atomic E-state index is -0.431. The molecule has 4 nitrogen and oxygen atoms in total. The molecule has 0 aromatic rings. The molecule has 1 aliphatic rings. The predicted octanol–water partition coefficient (Wildman–Crippen LogP) is -0.353. The van der Waals surface area contributed by atoms with Gasteiger partial charge in [-0.2, -0.15) is 5.10 Å². The van der Waals surface area contributed by atoms with Gasteiger partial charge < -0.3 is 4.74 Å². The van der Waals surface area contributed by atoms with Crippen molar-refractivity contribution in [2.45, 2.75) is 0 Å². The molecular weight excluding hydrogens is 120 g/mol. The third-order valence-corrected chi connectivity index (χ3v) is 0.872. The quantitative estimate of drug-likeness (QED) is 0.480. The van der Waals surface area contributed by atoms with Gasteiger partial charge in [0.05, 0.1) is 13.3 Å². The number of carbonyl (C=O) groups is 1. The van der Waals surface area contributed by atoms with Gasteiger partial charge in [-0.25, -0.2) is 0 Å². The molecule has 0 unspecified atom stereocenters. The summed E-state index contributed by atoms with van der Waals surface area (Å²) in [5.74, 6) is -0.204. The number of nitrogens with zero attached hydrogens (tertiary/aromatic N) is 2. The molecule has 1 heterocycles. The van der Waals surface area contributed by atoms with Crippen molar-refractivity contribution < 1.29 is 9.53 Å². The first-order valence-electron chi connectivity index (χ1n) is 2.37. The van der Waals surface area contributed by atoms with Crippen molar-refractivity contribution in [3.63, 3.8) is 0 Å². The molecule has 0 aromatic carbocycles. The van der Waals surface area contributed by atoms with E-state index in [1.54, 1.807) is 0 Å². The lowest BCUT2D eigenvalue weighted by atomic mass is 10.4. The van der Waals surface area contributed by atoms with Gasteiger partial charge in [0.1, 0.15) is 0 Å². The molecule has 1 rings (SSSR count). The number of hydrogen-bond acceptors (Lipinski definition) is 3. The molecule has 47 valence electrons. The van der Waals surface area contributed by atoms with Crippen molar-refractivity contribution in [3.8, 4) is 0 Å². The summed E-state index contributed by atoms with van der Waals surface area (Å²) in [5, 5.41) is 3.35. The maximum absolute atomic E-state index is 10.6. The van der Waals surface area contributed by atoms with Gasteiger partial charge in [-0.15, -0.1) is 5.43 Å². The van der Waals surface area contributed by atoms with E-state index >= 15 is 0 Å². The number of ether oxygens (including phenoxy) is 1. The summed E-state index contributed by atoms with van der Waals surface area (Å²) in [6, 6.07) is 0. The standard InChI is InChI=1S/C5H5N2O2/c1-9-4-2-3-6-7-5(4)8/h2-3H,1H3. The Bertz CT molecular complexity index is 183. The largest absolute Gasteiger partial charge is 0.491 e. The molecule has 1 aliphatic heterocycles. The summed E-state index contributed by atoms with van der Waals surface area (Å²) >= 11 is 0. The monoisotopic (exact) mass is 125 g/mol. The Balaban J connectivity index is 2.74. The second-order valence-corrected chi connectivity index (χ2v) is 1.40. The van der Waals surface area contributed by atoms with Crippen LogP contribution in [0.4, 0.5) is 0 Å². The first kappa shape index (κ1) is 5.81. The van der Waals surface area contributed by atoms with E-state index in [4.69, 9.17) is 0 Å². The second kappa shape index (κ2) is 2.30. The maximum atomic E-state index is 10.6. The average molecular weight is 125 g/mol. The number of allylic oxidation sites excluding steroid dienone is 1. The lowest BCUT2D eigenvalue weighted by molar-refractivity contribution is -0.120. The van der Waals surface area contributed by atoms with Crippen LogP contribution in [0.1, 0.15) is 0 Å². The molecule has 0 aliphatic carbocycles. The number of rotatable bonds is 1. The smallest absolute Gasteiger partial charge is 0.330 e. The summed E-state index contributed by atoms with van der Waals surface area (Å²) in [6.45, 7) is 0. The molecule has 0 spiro atoms. The molecule has 0 saturated carbocycles. The summed E-state index contributed by atoms with van der Waals surface area (Å²) in [5.41, 5.74) is 3.22. The summed E-state index contributed by atoms with van der Waals surface area (Å²) < 4.78 is 4.63. The zero-order valence-corrected chi connectivity index (χ0v) is 4.87. The first-order chi connectivity index (χ1) is 4.34. The Morgan fingerprint density at radius 1 is 1.67 bits per heavy atom. The van der Waals surface area contributed by atoms with Crippen LogP contribution in [-0.4, -0.2) is 19.2 Å². The first-order valence-corrected chi connectivity index (χ1v) is 2.37. The Morgan fingerprint density at radius 2 is 2.44 bits per heavy atom. The third kappa shape index (κ3) is 1.07. The van der Waals surface area contributed by atoms with E-state index in [0.29, 0.717) is 0 Å². The highest BCUT2D eigenvalue weighted by Gasteiger charge is 2.11. The zero-order chi connectivity index (χ0) is 6.69. The van der Waals surface area contributed by atoms with Crippen LogP contribution in [-0.2, 0) is 9.53 Å². The molecule has 0 bridgehead atoms. The predicted molar refractivity (Wildman–Crippen MR) is 30.7 cm³/mol. The van der Waals surface area contributed by atoms with Gasteiger partial charge in [-0.05, 0) is 0 Å². The van der Waals surface area contributed by atoms with Gasteiger partial charge in [-0.3, -0.25) is 4.79 Å². The summed E-state index contributed by atoms with van der Waals surface area (Å²) in [4.78, 5) is 10.6. The van der Waals surface area contributed by atoms with Crippen LogP contribution in [0, 0.1) is 0 Å². The van der Waals surface area contributed by atoms with Crippen LogP contribution >= 0.6 is 0 Å². The Labute approximate surface area is 52.2 Å². The second-order valence-electron chi connectivity index (χ2n) is 1.40. The van der Waals surface area contributed by atoms with Gasteiger partial charge >= 0.3 is 5.91 Å². The van der Waals surface area contributed by atoms with Crippen molar-refractivity contribution in [3.05, 3.63) is 11.8 Å². The Hall–Kier alpha value is -1.32. The van der Waals surface area contributed by atoms with Crippen LogP contribution in [0.5, 0.6) is 0 Å². The number of methoxy groups -OCH3 is 1. The van der Waals surface area contributed by atoms with E-state index in [2.05, 4.69) is 15.3 Å². The Morgan fingerprint density at radius 3 is 2.89 bits per heavy atom. The Kier molecular flexibility index (Phi) is 1.48. The molecule has 0 N–H and O–H groups in total. The van der Waals surface area contributed by atoms with Gasteiger partial charge in [0.25, 0.3) is 0 Å². The van der Waals surface area contributed by atoms with E-state index in [-0.39, 0.29) is 5.76 Å². The molecule has 0 fully saturated rings. The van der Waals surface area contributed by atoms with E-state index in [1.165, 1.54) is 19.4 Å². The van der Waals surface area contributed by atoms with Crippen LogP contribution in [0.25, 0.3) is 0 Å². The molecule has 9 heavy (non-hydrogen) atoms. The fraction of sp³-hybridized carbons (Fsp3) is 0.200. The third-order valence-electron chi connectivity index (χ3n) is 0.872. The van der Waals surface area contributed by atoms with E-state index in [9.17, 15) is 4.79 Å².